The van der Waals surface area contributed by atoms with Crippen LogP contribution in [0, 0.1) is 0 Å². The molecule has 0 fully saturated rings. The summed E-state index contributed by atoms with van der Waals surface area (Å²) < 4.78 is 28.5. The fraction of sp³-hybridized carbons (Fsp3) is 0.417. The number of aromatic nitrogens is 2. The molecule has 0 spiro atoms. The minimum Gasteiger partial charge on any atom is -0.435 e. The van der Waals surface area contributed by atoms with Crippen molar-refractivity contribution in [2.75, 3.05) is 0 Å². The Hall–Kier alpha value is -1.65. The van der Waals surface area contributed by atoms with Gasteiger partial charge in [0.05, 0.1) is 11.0 Å². The van der Waals surface area contributed by atoms with Crippen LogP contribution in [0.5, 0.6) is 5.75 Å². The van der Waals surface area contributed by atoms with Gasteiger partial charge in [-0.05, 0) is 12.1 Å². The number of hydrogen-bond acceptors (Lipinski definition) is 2. The van der Waals surface area contributed by atoms with Crippen molar-refractivity contribution in [1.29, 1.82) is 0 Å². The lowest BCUT2D eigenvalue weighted by Crippen LogP contribution is -2.12. The van der Waals surface area contributed by atoms with Gasteiger partial charge in [-0.1, -0.05) is 20.8 Å². The van der Waals surface area contributed by atoms with Gasteiger partial charge >= 0.3 is 6.61 Å². The standard InChI is InChI=1S/C12H14F2N2O/c1-12(2,3)10-15-8-5-4-7(17-11(13)14)6-9(8)16-10/h4-6,11H,1-3H3,(H,15,16). The van der Waals surface area contributed by atoms with Crippen LogP contribution in [0.2, 0.25) is 0 Å². The number of imidazole rings is 1. The SMILES string of the molecule is CC(C)(C)c1nc2ccc(OC(F)F)cc2[nH]1. The molecule has 1 aromatic carbocycles. The second-order valence-corrected chi connectivity index (χ2v) is 4.89. The number of rotatable bonds is 2. The third-order valence-corrected chi connectivity index (χ3v) is 2.39. The first-order chi connectivity index (χ1) is 7.86. The van der Waals surface area contributed by atoms with Crippen molar-refractivity contribution in [3.05, 3.63) is 24.0 Å². The zero-order chi connectivity index (χ0) is 12.6. The average Bonchev–Trinajstić information content (AvgIpc) is 2.58. The van der Waals surface area contributed by atoms with Crippen LogP contribution in [0.4, 0.5) is 8.78 Å². The third-order valence-electron chi connectivity index (χ3n) is 2.39. The molecule has 0 radical (unpaired) electrons. The highest BCUT2D eigenvalue weighted by molar-refractivity contribution is 5.77. The number of benzene rings is 1. The number of H-pyrrole nitrogens is 1. The second-order valence-electron chi connectivity index (χ2n) is 4.89. The Morgan fingerprint density at radius 1 is 1.29 bits per heavy atom. The molecule has 0 atom stereocenters. The number of hydrogen-bond donors (Lipinski definition) is 1. The molecule has 17 heavy (non-hydrogen) atoms. The Bertz CT molecular complexity index is 529. The Balaban J connectivity index is 2.41. The van der Waals surface area contributed by atoms with Gasteiger partial charge in [0.1, 0.15) is 11.6 Å². The van der Waals surface area contributed by atoms with E-state index in [2.05, 4.69) is 14.7 Å². The predicted molar refractivity (Wildman–Crippen MR) is 61.4 cm³/mol. The van der Waals surface area contributed by atoms with Crippen molar-refractivity contribution in [2.24, 2.45) is 0 Å². The number of halogens is 2. The fourth-order valence-corrected chi connectivity index (χ4v) is 1.52. The quantitative estimate of drug-likeness (QED) is 0.872. The summed E-state index contributed by atoms with van der Waals surface area (Å²) in [6.07, 6.45) is 0. The average molecular weight is 240 g/mol. The predicted octanol–water partition coefficient (Wildman–Crippen LogP) is 3.46. The van der Waals surface area contributed by atoms with Gasteiger partial charge in [0.25, 0.3) is 0 Å². The van der Waals surface area contributed by atoms with E-state index in [1.54, 1.807) is 6.07 Å². The summed E-state index contributed by atoms with van der Waals surface area (Å²) in [7, 11) is 0. The number of nitrogens with zero attached hydrogens (tertiary/aromatic N) is 1. The van der Waals surface area contributed by atoms with Crippen molar-refractivity contribution in [3.63, 3.8) is 0 Å². The maximum absolute atomic E-state index is 12.1. The number of nitrogens with one attached hydrogen (secondary N) is 1. The van der Waals surface area contributed by atoms with Gasteiger partial charge in [0, 0.05) is 11.5 Å². The van der Waals surface area contributed by atoms with Crippen LogP contribution in [-0.2, 0) is 5.41 Å². The van der Waals surface area contributed by atoms with Crippen LogP contribution in [0.3, 0.4) is 0 Å². The lowest BCUT2D eigenvalue weighted by molar-refractivity contribution is -0.0497. The van der Waals surface area contributed by atoms with E-state index in [4.69, 9.17) is 0 Å². The maximum Gasteiger partial charge on any atom is 0.387 e. The molecular formula is C12H14F2N2O. The first-order valence-electron chi connectivity index (χ1n) is 5.31. The Morgan fingerprint density at radius 3 is 2.59 bits per heavy atom. The van der Waals surface area contributed by atoms with E-state index in [9.17, 15) is 8.78 Å². The van der Waals surface area contributed by atoms with E-state index >= 15 is 0 Å². The number of fused-ring (bicyclic) bond motifs is 1. The molecular weight excluding hydrogens is 226 g/mol. The van der Waals surface area contributed by atoms with Crippen LogP contribution in [0.25, 0.3) is 11.0 Å². The van der Waals surface area contributed by atoms with Crippen molar-refractivity contribution in [1.82, 2.24) is 9.97 Å². The van der Waals surface area contributed by atoms with Crippen molar-refractivity contribution in [2.45, 2.75) is 32.8 Å². The van der Waals surface area contributed by atoms with Crippen LogP contribution in [0.1, 0.15) is 26.6 Å². The summed E-state index contributed by atoms with van der Waals surface area (Å²) in [5.74, 6) is 0.957. The Labute approximate surface area is 97.8 Å². The molecule has 0 bridgehead atoms. The van der Waals surface area contributed by atoms with Crippen molar-refractivity contribution >= 4 is 11.0 Å². The molecule has 0 saturated carbocycles. The van der Waals surface area contributed by atoms with Gasteiger partial charge < -0.3 is 9.72 Å². The van der Waals surface area contributed by atoms with E-state index in [0.717, 1.165) is 11.3 Å². The van der Waals surface area contributed by atoms with E-state index in [0.29, 0.717) is 5.52 Å². The Morgan fingerprint density at radius 2 is 2.00 bits per heavy atom. The maximum atomic E-state index is 12.1. The fourth-order valence-electron chi connectivity index (χ4n) is 1.52. The van der Waals surface area contributed by atoms with Gasteiger partial charge in [-0.25, -0.2) is 4.98 Å². The normalized spacial score (nSPS) is 12.4. The molecule has 0 aliphatic carbocycles. The molecule has 0 aliphatic heterocycles. The first-order valence-corrected chi connectivity index (χ1v) is 5.31. The summed E-state index contributed by atoms with van der Waals surface area (Å²) in [4.78, 5) is 7.52. The molecule has 0 amide bonds. The molecule has 1 heterocycles. The minimum atomic E-state index is -2.81. The smallest absolute Gasteiger partial charge is 0.387 e. The summed E-state index contributed by atoms with van der Waals surface area (Å²) in [5.41, 5.74) is 1.34. The molecule has 92 valence electrons. The topological polar surface area (TPSA) is 37.9 Å². The summed E-state index contributed by atoms with van der Waals surface area (Å²) in [6, 6.07) is 4.68. The highest BCUT2D eigenvalue weighted by Gasteiger charge is 2.18. The number of alkyl halides is 2. The van der Waals surface area contributed by atoms with E-state index in [1.807, 2.05) is 20.8 Å². The number of aromatic amines is 1. The van der Waals surface area contributed by atoms with Crippen molar-refractivity contribution in [3.8, 4) is 5.75 Å². The minimum absolute atomic E-state index is 0.108. The molecule has 1 N–H and O–H groups in total. The summed E-state index contributed by atoms with van der Waals surface area (Å²) in [6.45, 7) is 3.28. The van der Waals surface area contributed by atoms with Crippen molar-refractivity contribution < 1.29 is 13.5 Å². The Kier molecular flexibility index (Phi) is 2.77. The first kappa shape index (κ1) is 11.8. The molecule has 2 rings (SSSR count). The molecule has 3 nitrogen and oxygen atoms in total. The van der Waals surface area contributed by atoms with Gasteiger partial charge in [-0.15, -0.1) is 0 Å². The van der Waals surface area contributed by atoms with Crippen LogP contribution < -0.4 is 4.74 Å². The van der Waals surface area contributed by atoms with Gasteiger partial charge in [0.2, 0.25) is 0 Å². The monoisotopic (exact) mass is 240 g/mol. The molecule has 0 saturated heterocycles. The second kappa shape index (κ2) is 3.98. The molecule has 0 unspecified atom stereocenters. The third kappa shape index (κ3) is 2.54. The van der Waals surface area contributed by atoms with E-state index < -0.39 is 6.61 Å². The van der Waals surface area contributed by atoms with Gasteiger partial charge in [0.15, 0.2) is 0 Å². The zero-order valence-electron chi connectivity index (χ0n) is 9.92. The van der Waals surface area contributed by atoms with E-state index in [-0.39, 0.29) is 11.2 Å². The molecule has 0 aliphatic rings. The summed E-state index contributed by atoms with van der Waals surface area (Å²) >= 11 is 0. The largest absolute Gasteiger partial charge is 0.435 e. The van der Waals surface area contributed by atoms with Crippen LogP contribution >= 0.6 is 0 Å². The highest BCUT2D eigenvalue weighted by atomic mass is 19.3. The number of ether oxygens (including phenoxy) is 1. The van der Waals surface area contributed by atoms with E-state index in [1.165, 1.54) is 12.1 Å². The van der Waals surface area contributed by atoms with Gasteiger partial charge in [-0.2, -0.15) is 8.78 Å². The highest BCUT2D eigenvalue weighted by Crippen LogP contribution is 2.25. The zero-order valence-corrected chi connectivity index (χ0v) is 9.92. The lowest BCUT2D eigenvalue weighted by Gasteiger charge is -2.13. The van der Waals surface area contributed by atoms with Crippen LogP contribution in [-0.4, -0.2) is 16.6 Å². The summed E-state index contributed by atoms with van der Waals surface area (Å²) in [5, 5.41) is 0. The molecule has 5 heteroatoms. The lowest BCUT2D eigenvalue weighted by atomic mass is 9.96. The molecule has 1 aromatic heterocycles. The van der Waals surface area contributed by atoms with Gasteiger partial charge in [-0.3, -0.25) is 0 Å². The molecule has 2 aromatic rings. The van der Waals surface area contributed by atoms with Crippen LogP contribution in [0.15, 0.2) is 18.2 Å².